The summed E-state index contributed by atoms with van der Waals surface area (Å²) in [6, 6.07) is 2.16. The van der Waals surface area contributed by atoms with Gasteiger partial charge in [-0.25, -0.2) is 18.2 Å². The Hall–Kier alpha value is -0.720. The van der Waals surface area contributed by atoms with Crippen molar-refractivity contribution < 1.29 is 17.9 Å². The molecular weight excluding hydrogens is 549 g/mol. The molecular formula is C18H23ClIN3O4S2. The van der Waals surface area contributed by atoms with Gasteiger partial charge in [0.15, 0.2) is 5.65 Å². The second kappa shape index (κ2) is 9.61. The van der Waals surface area contributed by atoms with Gasteiger partial charge < -0.3 is 9.64 Å². The molecule has 0 atom stereocenters. The van der Waals surface area contributed by atoms with Crippen LogP contribution < -0.4 is 4.90 Å². The van der Waals surface area contributed by atoms with Crippen molar-refractivity contribution in [2.24, 2.45) is 5.92 Å². The number of anilines is 1. The Bertz CT molecular complexity index is 990. The van der Waals surface area contributed by atoms with E-state index in [1.165, 1.54) is 9.12 Å². The molecule has 1 saturated carbocycles. The molecule has 11 heteroatoms. The average Bonchev–Trinajstić information content (AvgIpc) is 3.09. The van der Waals surface area contributed by atoms with Crippen molar-refractivity contribution in [3.8, 4) is 0 Å². The van der Waals surface area contributed by atoms with Gasteiger partial charge in [0.2, 0.25) is 9.05 Å². The molecule has 0 spiro atoms. The quantitative estimate of drug-likeness (QED) is 0.272. The van der Waals surface area contributed by atoms with Gasteiger partial charge in [-0.15, -0.1) is 0 Å². The first-order valence-corrected chi connectivity index (χ1v) is 15.2. The third kappa shape index (κ3) is 5.31. The first-order valence-electron chi connectivity index (χ1n) is 9.36. The van der Waals surface area contributed by atoms with Crippen LogP contribution in [0.25, 0.3) is 11.0 Å². The molecule has 1 aliphatic rings. The maximum atomic E-state index is 12.6. The van der Waals surface area contributed by atoms with Gasteiger partial charge >= 0.3 is 5.97 Å². The Balaban J connectivity index is 1.91. The average molecular weight is 572 g/mol. The number of pyridine rings is 1. The highest BCUT2D eigenvalue weighted by Crippen LogP contribution is 2.37. The molecule has 0 bridgehead atoms. The molecule has 1 fully saturated rings. The number of fused-ring (bicyclic) bond motifs is 1. The van der Waals surface area contributed by atoms with Crippen LogP contribution in [0.1, 0.15) is 43.0 Å². The highest BCUT2D eigenvalue weighted by molar-refractivity contribution is 14.2. The van der Waals surface area contributed by atoms with Crippen LogP contribution in [0.15, 0.2) is 18.5 Å². The Kier molecular flexibility index (Phi) is 7.61. The molecule has 7 nitrogen and oxygen atoms in total. The Labute approximate surface area is 191 Å². The van der Waals surface area contributed by atoms with Crippen LogP contribution in [0.5, 0.6) is 0 Å². The monoisotopic (exact) mass is 571 g/mol. The summed E-state index contributed by atoms with van der Waals surface area (Å²) in [7, 11) is 5.44. The van der Waals surface area contributed by atoms with Gasteiger partial charge in [-0.2, -0.15) is 0 Å². The van der Waals surface area contributed by atoms with Crippen LogP contribution in [0.4, 0.5) is 5.69 Å². The largest absolute Gasteiger partial charge is 0.462 e. The third-order valence-corrected chi connectivity index (χ3v) is 8.34. The summed E-state index contributed by atoms with van der Waals surface area (Å²) in [5, 5.41) is 0.896. The van der Waals surface area contributed by atoms with Crippen LogP contribution in [0, 0.1) is 5.92 Å². The van der Waals surface area contributed by atoms with Crippen molar-refractivity contribution in [2.45, 2.75) is 38.6 Å². The predicted octanol–water partition coefficient (Wildman–Crippen LogP) is 4.62. The van der Waals surface area contributed by atoms with Crippen LogP contribution >= 0.6 is 41.0 Å². The summed E-state index contributed by atoms with van der Waals surface area (Å²) in [5.74, 6) is -0.282. The van der Waals surface area contributed by atoms with Gasteiger partial charge in [-0.05, 0) is 44.6 Å². The number of nitrogens with zero attached hydrogens (tertiary/aromatic N) is 3. The molecule has 0 aromatic carbocycles. The number of hydrogen-bond donors (Lipinski definition) is 0. The number of hydrogen-bond acceptors (Lipinski definition) is 7. The second-order valence-electron chi connectivity index (χ2n) is 7.18. The lowest BCUT2D eigenvalue weighted by Gasteiger charge is -2.36. The van der Waals surface area contributed by atoms with Crippen LogP contribution in [-0.2, 0) is 13.8 Å². The van der Waals surface area contributed by atoms with Gasteiger partial charge in [-0.3, -0.25) is 3.97 Å². The van der Waals surface area contributed by atoms with E-state index in [2.05, 4.69) is 31.1 Å². The Morgan fingerprint density at radius 3 is 2.69 bits per heavy atom. The number of carbonyl (C=O) groups is 1. The van der Waals surface area contributed by atoms with E-state index >= 15 is 0 Å². The van der Waals surface area contributed by atoms with Crippen LogP contribution in [-0.4, -0.2) is 48.8 Å². The van der Waals surface area contributed by atoms with Crippen molar-refractivity contribution in [1.29, 1.82) is 0 Å². The molecule has 160 valence electrons. The lowest BCUT2D eigenvalue weighted by Crippen LogP contribution is -2.37. The number of aromatic nitrogens is 2. The summed E-state index contributed by atoms with van der Waals surface area (Å²) >= 11 is 2.19. The fraction of sp³-hybridized carbons (Fsp3) is 0.556. The van der Waals surface area contributed by atoms with E-state index in [4.69, 9.17) is 15.4 Å². The molecule has 0 N–H and O–H groups in total. The molecule has 0 aliphatic heterocycles. The predicted molar refractivity (Wildman–Crippen MR) is 126 cm³/mol. The lowest BCUT2D eigenvalue weighted by atomic mass is 9.86. The first kappa shape index (κ1) is 23.0. The van der Waals surface area contributed by atoms with Crippen molar-refractivity contribution in [2.75, 3.05) is 24.3 Å². The van der Waals surface area contributed by atoms with Gasteiger partial charge in [0.05, 0.1) is 18.0 Å². The van der Waals surface area contributed by atoms with E-state index in [1.807, 2.05) is 23.3 Å². The van der Waals surface area contributed by atoms with Crippen molar-refractivity contribution in [3.05, 3.63) is 24.0 Å². The number of rotatable bonds is 7. The molecule has 2 aromatic rings. The summed E-state index contributed by atoms with van der Waals surface area (Å²) in [6.07, 6.45) is 6.76. The van der Waals surface area contributed by atoms with Gasteiger partial charge in [0.1, 0.15) is 5.56 Å². The molecule has 2 heterocycles. The summed E-state index contributed by atoms with van der Waals surface area (Å²) in [5.41, 5.74) is 2.05. The topological polar surface area (TPSA) is 81.5 Å². The zero-order valence-corrected chi connectivity index (χ0v) is 20.7. The molecule has 0 radical (unpaired) electrons. The summed E-state index contributed by atoms with van der Waals surface area (Å²) in [6.45, 7) is 2.07. The number of esters is 1. The van der Waals surface area contributed by atoms with Crippen LogP contribution in [0.2, 0.25) is 0 Å². The smallest absolute Gasteiger partial charge is 0.341 e. The van der Waals surface area contributed by atoms with E-state index in [9.17, 15) is 13.2 Å². The molecule has 29 heavy (non-hydrogen) atoms. The van der Waals surface area contributed by atoms with Gasteiger partial charge in [0.25, 0.3) is 0 Å². The van der Waals surface area contributed by atoms with E-state index in [0.29, 0.717) is 12.2 Å². The number of carbonyl (C=O) groups excluding carboxylic acids is 1. The molecule has 2 aromatic heterocycles. The fourth-order valence-electron chi connectivity index (χ4n) is 4.01. The molecule has 0 amide bonds. The minimum absolute atomic E-state index is 0.0221. The summed E-state index contributed by atoms with van der Waals surface area (Å²) < 4.78 is 30.0. The van der Waals surface area contributed by atoms with E-state index in [1.54, 1.807) is 13.1 Å². The third-order valence-electron chi connectivity index (χ3n) is 5.37. The van der Waals surface area contributed by atoms with Crippen molar-refractivity contribution >= 4 is 72.7 Å². The normalized spacial score (nSPS) is 20.0. The first-order chi connectivity index (χ1) is 13.7. The van der Waals surface area contributed by atoms with E-state index < -0.39 is 9.05 Å². The van der Waals surface area contributed by atoms with Crippen molar-refractivity contribution in [3.63, 3.8) is 0 Å². The molecule has 1 aliphatic carbocycles. The maximum absolute atomic E-state index is 12.6. The molecule has 0 unspecified atom stereocenters. The van der Waals surface area contributed by atoms with E-state index in [-0.39, 0.29) is 23.7 Å². The highest BCUT2D eigenvalue weighted by Gasteiger charge is 2.30. The Morgan fingerprint density at radius 1 is 1.41 bits per heavy atom. The minimum atomic E-state index is -3.48. The molecule has 0 saturated heterocycles. The second-order valence-corrected chi connectivity index (χ2v) is 11.7. The minimum Gasteiger partial charge on any atom is -0.462 e. The molecule has 3 rings (SSSR count). The standard InChI is InChI=1S/C18H23ClIN3O4S2/c1-3-27-18(24)15-10-21-17-14(8-9-23(17)28-20)16(15)22(2)13-6-4-12(5-7-13)11-29(19,25)26/h8-10,12-13H,3-7,11H2,1-2H3/t12-,13-. The number of ether oxygens (including phenoxy) is 1. The van der Waals surface area contributed by atoms with Gasteiger partial charge in [-0.1, -0.05) is 0 Å². The number of halogens is 2. The highest BCUT2D eigenvalue weighted by atomic mass is 127. The van der Waals surface area contributed by atoms with E-state index in [0.717, 1.165) is 42.4 Å². The SMILES string of the molecule is CCOC(=O)c1cnc2c(ccn2SI)c1N(C)[C@H]1CC[C@H](CS(=O)(=O)Cl)CC1. The lowest BCUT2D eigenvalue weighted by molar-refractivity contribution is 0.0526. The van der Waals surface area contributed by atoms with Gasteiger partial charge in [0, 0.05) is 71.9 Å². The Morgan fingerprint density at radius 2 is 2.10 bits per heavy atom. The van der Waals surface area contributed by atoms with Crippen molar-refractivity contribution in [1.82, 2.24) is 8.96 Å². The zero-order valence-electron chi connectivity index (χ0n) is 16.2. The van der Waals surface area contributed by atoms with Crippen LogP contribution in [0.3, 0.4) is 0 Å². The summed E-state index contributed by atoms with van der Waals surface area (Å²) in [4.78, 5) is 19.2. The fourth-order valence-corrected chi connectivity index (χ4v) is 6.71. The maximum Gasteiger partial charge on any atom is 0.341 e. The zero-order chi connectivity index (χ0) is 21.2.